The quantitative estimate of drug-likeness (QED) is 0.866. The monoisotopic (exact) mass is 245 g/mol. The van der Waals surface area contributed by atoms with Crippen molar-refractivity contribution in [2.75, 3.05) is 18.0 Å². The highest BCUT2D eigenvalue weighted by atomic mass is 19.4. The van der Waals surface area contributed by atoms with E-state index < -0.39 is 18.7 Å². The summed E-state index contributed by atoms with van der Waals surface area (Å²) in [6.45, 7) is 0.418. The Kier molecular flexibility index (Phi) is 3.28. The summed E-state index contributed by atoms with van der Waals surface area (Å²) in [5.41, 5.74) is 1.44. The van der Waals surface area contributed by atoms with Gasteiger partial charge in [-0.1, -0.05) is 18.2 Å². The van der Waals surface area contributed by atoms with Gasteiger partial charge in [-0.05, 0) is 12.5 Å². The minimum absolute atomic E-state index is 0.0484. The van der Waals surface area contributed by atoms with Crippen molar-refractivity contribution in [2.24, 2.45) is 0 Å². The smallest absolute Gasteiger partial charge is 0.388 e. The maximum absolute atomic E-state index is 12.2. The Balaban J connectivity index is 2.13. The molecule has 0 radical (unpaired) electrons. The summed E-state index contributed by atoms with van der Waals surface area (Å²) in [4.78, 5) is 1.69. The second-order valence-electron chi connectivity index (χ2n) is 4.22. The van der Waals surface area contributed by atoms with E-state index in [1.807, 2.05) is 0 Å². The molecular weight excluding hydrogens is 231 g/mol. The number of rotatable bonds is 2. The maximum atomic E-state index is 12.2. The molecule has 1 aliphatic heterocycles. The molecule has 2 rings (SSSR count). The molecule has 1 aromatic carbocycles. The van der Waals surface area contributed by atoms with Crippen LogP contribution in [0.5, 0.6) is 0 Å². The summed E-state index contributed by atoms with van der Waals surface area (Å²) in [5, 5.41) is 9.76. The Hall–Kier alpha value is -1.23. The lowest BCUT2D eigenvalue weighted by atomic mass is 9.99. The van der Waals surface area contributed by atoms with Gasteiger partial charge < -0.3 is 10.0 Å². The number of alkyl halides is 3. The van der Waals surface area contributed by atoms with Gasteiger partial charge in [-0.25, -0.2) is 0 Å². The number of hydrogen-bond acceptors (Lipinski definition) is 2. The van der Waals surface area contributed by atoms with E-state index in [2.05, 4.69) is 0 Å². The highest BCUT2D eigenvalue weighted by molar-refractivity contribution is 5.56. The van der Waals surface area contributed by atoms with Crippen LogP contribution >= 0.6 is 0 Å². The van der Waals surface area contributed by atoms with Crippen LogP contribution in [0, 0.1) is 0 Å². The molecule has 0 aromatic heterocycles. The van der Waals surface area contributed by atoms with Gasteiger partial charge in [0.25, 0.3) is 0 Å². The molecule has 0 saturated heterocycles. The molecular formula is C12H14F3NO. The average molecular weight is 245 g/mol. The molecule has 0 bridgehead atoms. The van der Waals surface area contributed by atoms with E-state index in [0.717, 1.165) is 11.3 Å². The fourth-order valence-electron chi connectivity index (χ4n) is 2.11. The summed E-state index contributed by atoms with van der Waals surface area (Å²) in [6, 6.07) is 7.08. The fourth-order valence-corrected chi connectivity index (χ4v) is 2.11. The molecule has 1 aromatic rings. The molecule has 94 valence electrons. The maximum Gasteiger partial charge on any atom is 0.390 e. The van der Waals surface area contributed by atoms with E-state index in [1.165, 1.54) is 0 Å². The first-order valence-corrected chi connectivity index (χ1v) is 5.56. The first-order valence-electron chi connectivity index (χ1n) is 5.56. The van der Waals surface area contributed by atoms with Crippen LogP contribution in [0.15, 0.2) is 24.3 Å². The number of para-hydroxylation sites is 1. The molecule has 1 unspecified atom stereocenters. The number of anilines is 1. The second kappa shape index (κ2) is 4.56. The predicted octanol–water partition coefficient (Wildman–Crippen LogP) is 2.88. The Labute approximate surface area is 97.7 Å². The number of aliphatic hydroxyl groups is 1. The van der Waals surface area contributed by atoms with Gasteiger partial charge in [0.1, 0.15) is 0 Å². The van der Waals surface area contributed by atoms with Crippen molar-refractivity contribution in [1.29, 1.82) is 0 Å². The topological polar surface area (TPSA) is 23.5 Å². The molecule has 2 nitrogen and oxygen atoms in total. The SMILES string of the molecule is OC1CCN(CCC(F)(F)F)c2ccccc21. The predicted molar refractivity (Wildman–Crippen MR) is 58.9 cm³/mol. The van der Waals surface area contributed by atoms with E-state index in [-0.39, 0.29) is 6.54 Å². The van der Waals surface area contributed by atoms with Gasteiger partial charge in [-0.3, -0.25) is 0 Å². The molecule has 17 heavy (non-hydrogen) atoms. The standard InChI is InChI=1S/C12H14F3NO/c13-12(14,15)6-8-16-7-5-11(17)9-3-1-2-4-10(9)16/h1-4,11,17H,5-8H2. The van der Waals surface area contributed by atoms with Gasteiger partial charge in [0, 0.05) is 24.3 Å². The number of halogens is 3. The van der Waals surface area contributed by atoms with Crippen molar-refractivity contribution in [3.8, 4) is 0 Å². The second-order valence-corrected chi connectivity index (χ2v) is 4.22. The van der Waals surface area contributed by atoms with Crippen LogP contribution < -0.4 is 4.90 Å². The number of nitrogens with zero attached hydrogens (tertiary/aromatic N) is 1. The first-order chi connectivity index (χ1) is 7.97. The van der Waals surface area contributed by atoms with Crippen molar-refractivity contribution in [1.82, 2.24) is 0 Å². The van der Waals surface area contributed by atoms with Gasteiger partial charge in [-0.15, -0.1) is 0 Å². The van der Waals surface area contributed by atoms with Crippen molar-refractivity contribution < 1.29 is 18.3 Å². The number of fused-ring (bicyclic) bond motifs is 1. The van der Waals surface area contributed by atoms with Gasteiger partial charge in [0.2, 0.25) is 0 Å². The van der Waals surface area contributed by atoms with Gasteiger partial charge in [-0.2, -0.15) is 13.2 Å². The highest BCUT2D eigenvalue weighted by Gasteiger charge is 2.30. The van der Waals surface area contributed by atoms with E-state index in [4.69, 9.17) is 0 Å². The van der Waals surface area contributed by atoms with E-state index in [9.17, 15) is 18.3 Å². The minimum Gasteiger partial charge on any atom is -0.388 e. The largest absolute Gasteiger partial charge is 0.390 e. The van der Waals surface area contributed by atoms with Crippen molar-refractivity contribution in [3.63, 3.8) is 0 Å². The summed E-state index contributed by atoms with van der Waals surface area (Å²) in [7, 11) is 0. The van der Waals surface area contributed by atoms with Crippen LogP contribution in [0.2, 0.25) is 0 Å². The van der Waals surface area contributed by atoms with E-state index >= 15 is 0 Å². The third-order valence-corrected chi connectivity index (χ3v) is 2.97. The molecule has 0 saturated carbocycles. The highest BCUT2D eigenvalue weighted by Crippen LogP contribution is 2.34. The molecule has 1 N–H and O–H groups in total. The molecule has 0 spiro atoms. The summed E-state index contributed by atoms with van der Waals surface area (Å²) in [5.74, 6) is 0. The molecule has 0 fully saturated rings. The Morgan fingerprint density at radius 2 is 2.00 bits per heavy atom. The Morgan fingerprint density at radius 1 is 1.29 bits per heavy atom. The van der Waals surface area contributed by atoms with Crippen LogP contribution in [-0.2, 0) is 0 Å². The number of benzene rings is 1. The molecule has 0 aliphatic carbocycles. The number of aliphatic hydroxyl groups excluding tert-OH is 1. The van der Waals surface area contributed by atoms with Crippen LogP contribution in [0.3, 0.4) is 0 Å². The summed E-state index contributed by atoms with van der Waals surface area (Å²) >= 11 is 0. The molecule has 1 aliphatic rings. The van der Waals surface area contributed by atoms with Crippen LogP contribution in [0.25, 0.3) is 0 Å². The van der Waals surface area contributed by atoms with Crippen molar-refractivity contribution >= 4 is 5.69 Å². The van der Waals surface area contributed by atoms with Crippen molar-refractivity contribution in [2.45, 2.75) is 25.1 Å². The zero-order valence-corrected chi connectivity index (χ0v) is 9.24. The third-order valence-electron chi connectivity index (χ3n) is 2.97. The lowest BCUT2D eigenvalue weighted by Gasteiger charge is -2.34. The normalized spacial score (nSPS) is 20.2. The number of hydrogen-bond donors (Lipinski definition) is 1. The third kappa shape index (κ3) is 2.91. The Bertz CT molecular complexity index is 392. The molecule has 5 heteroatoms. The zero-order valence-electron chi connectivity index (χ0n) is 9.24. The lowest BCUT2D eigenvalue weighted by molar-refractivity contribution is -0.132. The molecule has 1 atom stereocenters. The average Bonchev–Trinajstić information content (AvgIpc) is 2.27. The fraction of sp³-hybridized carbons (Fsp3) is 0.500. The first kappa shape index (κ1) is 12.2. The van der Waals surface area contributed by atoms with E-state index in [1.54, 1.807) is 29.2 Å². The molecule has 1 heterocycles. The van der Waals surface area contributed by atoms with Crippen LogP contribution in [0.4, 0.5) is 18.9 Å². The van der Waals surface area contributed by atoms with E-state index in [0.29, 0.717) is 13.0 Å². The molecule has 0 amide bonds. The Morgan fingerprint density at radius 3 is 2.71 bits per heavy atom. The lowest BCUT2D eigenvalue weighted by Crippen LogP contribution is -2.34. The summed E-state index contributed by atoms with van der Waals surface area (Å²) in [6.07, 6.45) is -5.04. The van der Waals surface area contributed by atoms with Crippen molar-refractivity contribution in [3.05, 3.63) is 29.8 Å². The van der Waals surface area contributed by atoms with Crippen LogP contribution in [-0.4, -0.2) is 24.4 Å². The van der Waals surface area contributed by atoms with Crippen LogP contribution in [0.1, 0.15) is 24.5 Å². The van der Waals surface area contributed by atoms with Gasteiger partial charge in [0.05, 0.1) is 12.5 Å². The zero-order chi connectivity index (χ0) is 12.5. The minimum atomic E-state index is -4.13. The summed E-state index contributed by atoms with van der Waals surface area (Å²) < 4.78 is 36.6. The van der Waals surface area contributed by atoms with Gasteiger partial charge in [0.15, 0.2) is 0 Å². The van der Waals surface area contributed by atoms with Gasteiger partial charge >= 0.3 is 6.18 Å².